The van der Waals surface area contributed by atoms with Crippen molar-refractivity contribution < 1.29 is 18.9 Å². The normalized spacial score (nSPS) is 11.1. The number of nitrogens with one attached hydrogen (secondary N) is 1. The lowest BCUT2D eigenvalue weighted by molar-refractivity contribution is -0.00169. The Bertz CT molecular complexity index is 169. The van der Waals surface area contributed by atoms with Gasteiger partial charge in [0.1, 0.15) is 0 Å². The molecule has 0 aromatic carbocycles. The van der Waals surface area contributed by atoms with Gasteiger partial charge in [-0.2, -0.15) is 0 Å². The van der Waals surface area contributed by atoms with Crippen molar-refractivity contribution in [1.82, 2.24) is 5.32 Å². The number of ether oxygens (including phenoxy) is 4. The van der Waals surface area contributed by atoms with Crippen LogP contribution < -0.4 is 5.32 Å². The molecule has 0 aliphatic rings. The van der Waals surface area contributed by atoms with Crippen LogP contribution in [0.5, 0.6) is 0 Å². The molecule has 0 aromatic rings. The van der Waals surface area contributed by atoms with Crippen LogP contribution in [0.25, 0.3) is 0 Å². The molecule has 6 heteroatoms. The molecule has 21 heavy (non-hydrogen) atoms. The average molecular weight is 326 g/mol. The van der Waals surface area contributed by atoms with Crippen LogP contribution in [0.2, 0.25) is 0 Å². The molecule has 0 saturated carbocycles. The Morgan fingerprint density at radius 1 is 0.619 bits per heavy atom. The Kier molecular flexibility index (Phi) is 20.2. The molecule has 0 aliphatic carbocycles. The third kappa shape index (κ3) is 20.1. The lowest BCUT2D eigenvalue weighted by atomic mass is 10.2. The molecule has 0 atom stereocenters. The van der Waals surface area contributed by atoms with Crippen LogP contribution in [0.1, 0.15) is 25.7 Å². The lowest BCUT2D eigenvalue weighted by Crippen LogP contribution is -2.17. The lowest BCUT2D eigenvalue weighted by Gasteiger charge is -2.07. The molecule has 0 unspecified atom stereocenters. The number of unbranched alkanes of at least 4 members (excludes halogenated alkanes) is 3. The van der Waals surface area contributed by atoms with E-state index in [1.807, 2.05) is 7.05 Å². The van der Waals surface area contributed by atoms with Crippen molar-refractivity contribution in [2.45, 2.75) is 25.7 Å². The van der Waals surface area contributed by atoms with Crippen molar-refractivity contribution in [1.29, 1.82) is 0 Å². The molecule has 128 valence electrons. The molecule has 0 spiro atoms. The SMILES string of the molecule is CNCCOCCOCCOCCOCCCCCCCl. The summed E-state index contributed by atoms with van der Waals surface area (Å²) < 4.78 is 21.6. The van der Waals surface area contributed by atoms with Gasteiger partial charge in [0, 0.05) is 19.0 Å². The van der Waals surface area contributed by atoms with E-state index in [9.17, 15) is 0 Å². The van der Waals surface area contributed by atoms with Crippen molar-refractivity contribution in [3.05, 3.63) is 0 Å². The fourth-order valence-corrected chi connectivity index (χ4v) is 1.78. The number of halogens is 1. The minimum atomic E-state index is 0.605. The molecule has 0 fully saturated rings. The molecule has 0 saturated heterocycles. The number of hydrogen-bond acceptors (Lipinski definition) is 5. The molecular weight excluding hydrogens is 294 g/mol. The Morgan fingerprint density at radius 2 is 1.10 bits per heavy atom. The van der Waals surface area contributed by atoms with Gasteiger partial charge in [-0.1, -0.05) is 12.8 Å². The van der Waals surface area contributed by atoms with Crippen LogP contribution in [0.15, 0.2) is 0 Å². The van der Waals surface area contributed by atoms with Crippen LogP contribution in [-0.2, 0) is 18.9 Å². The second kappa shape index (κ2) is 20.1. The van der Waals surface area contributed by atoms with E-state index < -0.39 is 0 Å². The minimum absolute atomic E-state index is 0.605. The zero-order valence-corrected chi connectivity index (χ0v) is 14.2. The third-order valence-electron chi connectivity index (χ3n) is 2.78. The summed E-state index contributed by atoms with van der Waals surface area (Å²) in [7, 11) is 1.91. The van der Waals surface area contributed by atoms with Gasteiger partial charge >= 0.3 is 0 Å². The summed E-state index contributed by atoms with van der Waals surface area (Å²) in [4.78, 5) is 0. The van der Waals surface area contributed by atoms with Crippen LogP contribution in [0, 0.1) is 0 Å². The highest BCUT2D eigenvalue weighted by molar-refractivity contribution is 6.17. The first-order valence-electron chi connectivity index (χ1n) is 7.93. The first-order valence-corrected chi connectivity index (χ1v) is 8.46. The van der Waals surface area contributed by atoms with Crippen molar-refractivity contribution >= 4 is 11.6 Å². The summed E-state index contributed by atoms with van der Waals surface area (Å²) in [5.74, 6) is 0.763. The highest BCUT2D eigenvalue weighted by Crippen LogP contribution is 2.00. The van der Waals surface area contributed by atoms with Gasteiger partial charge in [-0.3, -0.25) is 0 Å². The number of likely N-dealkylation sites (N-methyl/N-ethyl adjacent to an activating group) is 1. The van der Waals surface area contributed by atoms with Gasteiger partial charge in [-0.05, 0) is 19.9 Å². The van der Waals surface area contributed by atoms with E-state index in [4.69, 9.17) is 30.5 Å². The van der Waals surface area contributed by atoms with Crippen LogP contribution in [0.4, 0.5) is 0 Å². The molecular formula is C15H32ClNO4. The fourth-order valence-electron chi connectivity index (χ4n) is 1.59. The highest BCUT2D eigenvalue weighted by Gasteiger charge is 1.93. The molecule has 5 nitrogen and oxygen atoms in total. The standard InChI is InChI=1S/C15H32ClNO4/c1-17-7-9-19-11-13-21-15-14-20-12-10-18-8-5-3-2-4-6-16/h17H,2-15H2,1H3. The van der Waals surface area contributed by atoms with E-state index >= 15 is 0 Å². The largest absolute Gasteiger partial charge is 0.379 e. The van der Waals surface area contributed by atoms with E-state index in [2.05, 4.69) is 5.32 Å². The van der Waals surface area contributed by atoms with Gasteiger partial charge in [0.05, 0.1) is 46.2 Å². The highest BCUT2D eigenvalue weighted by atomic mass is 35.5. The molecule has 0 aliphatic heterocycles. The van der Waals surface area contributed by atoms with Gasteiger partial charge in [0.25, 0.3) is 0 Å². The maximum Gasteiger partial charge on any atom is 0.0701 e. The van der Waals surface area contributed by atoms with Gasteiger partial charge in [0.15, 0.2) is 0 Å². The maximum atomic E-state index is 5.61. The summed E-state index contributed by atoms with van der Waals surface area (Å²) in [6.07, 6.45) is 4.59. The van der Waals surface area contributed by atoms with Gasteiger partial charge in [-0.25, -0.2) is 0 Å². The third-order valence-corrected chi connectivity index (χ3v) is 3.05. The smallest absolute Gasteiger partial charge is 0.0701 e. The summed E-state index contributed by atoms with van der Waals surface area (Å²) in [5, 5.41) is 3.02. The number of rotatable bonds is 18. The van der Waals surface area contributed by atoms with Gasteiger partial charge in [-0.15, -0.1) is 11.6 Å². The van der Waals surface area contributed by atoms with E-state index in [1.54, 1.807) is 0 Å². The van der Waals surface area contributed by atoms with E-state index in [0.717, 1.165) is 38.5 Å². The summed E-state index contributed by atoms with van der Waals surface area (Å²) in [6, 6.07) is 0. The molecule has 0 rings (SSSR count). The van der Waals surface area contributed by atoms with Crippen molar-refractivity contribution in [2.75, 3.05) is 72.3 Å². The average Bonchev–Trinajstić information content (AvgIpc) is 2.50. The van der Waals surface area contributed by atoms with Crippen molar-refractivity contribution in [2.24, 2.45) is 0 Å². The van der Waals surface area contributed by atoms with Crippen LogP contribution in [0.3, 0.4) is 0 Å². The Hall–Kier alpha value is 0.0900. The minimum Gasteiger partial charge on any atom is -0.379 e. The van der Waals surface area contributed by atoms with E-state index in [0.29, 0.717) is 39.6 Å². The molecule has 0 radical (unpaired) electrons. The summed E-state index contributed by atoms with van der Waals surface area (Å²) in [6.45, 7) is 6.15. The fraction of sp³-hybridized carbons (Fsp3) is 1.00. The zero-order valence-electron chi connectivity index (χ0n) is 13.4. The molecule has 0 bridgehead atoms. The second-order valence-corrected chi connectivity index (χ2v) is 5.03. The quantitative estimate of drug-likeness (QED) is 0.309. The first-order chi connectivity index (χ1) is 10.4. The first kappa shape index (κ1) is 21.1. The van der Waals surface area contributed by atoms with Crippen molar-refractivity contribution in [3.8, 4) is 0 Å². The monoisotopic (exact) mass is 325 g/mol. The Morgan fingerprint density at radius 3 is 1.62 bits per heavy atom. The van der Waals surface area contributed by atoms with Crippen LogP contribution >= 0.6 is 11.6 Å². The predicted molar refractivity (Wildman–Crippen MR) is 86.4 cm³/mol. The Balaban J connectivity index is 2.90. The molecule has 1 N–H and O–H groups in total. The topological polar surface area (TPSA) is 49.0 Å². The van der Waals surface area contributed by atoms with Gasteiger partial charge < -0.3 is 24.3 Å². The molecule has 0 heterocycles. The maximum absolute atomic E-state index is 5.61. The van der Waals surface area contributed by atoms with Gasteiger partial charge in [0.2, 0.25) is 0 Å². The number of alkyl halides is 1. The molecule has 0 aromatic heterocycles. The Labute approximate surface area is 134 Å². The summed E-state index contributed by atoms with van der Waals surface area (Å²) in [5.41, 5.74) is 0. The van der Waals surface area contributed by atoms with E-state index in [-0.39, 0.29) is 0 Å². The summed E-state index contributed by atoms with van der Waals surface area (Å²) >= 11 is 5.61. The van der Waals surface area contributed by atoms with Crippen molar-refractivity contribution in [3.63, 3.8) is 0 Å². The predicted octanol–water partition coefficient (Wildman–Crippen LogP) is 2.07. The zero-order chi connectivity index (χ0) is 15.4. The molecule has 0 amide bonds. The van der Waals surface area contributed by atoms with Crippen LogP contribution in [-0.4, -0.2) is 72.3 Å². The van der Waals surface area contributed by atoms with E-state index in [1.165, 1.54) is 12.8 Å². The number of hydrogen-bond donors (Lipinski definition) is 1. The second-order valence-electron chi connectivity index (χ2n) is 4.66.